The molecule has 0 aliphatic rings. The minimum absolute atomic E-state index is 0.631. The molecule has 1 unspecified atom stereocenters. The molecule has 112 valence electrons. The van der Waals surface area contributed by atoms with Crippen LogP contribution in [0.3, 0.4) is 0 Å². The first-order valence-corrected chi connectivity index (χ1v) is 8.19. The smallest absolute Gasteiger partial charge is 0.135 e. The van der Waals surface area contributed by atoms with Crippen molar-refractivity contribution in [2.45, 2.75) is 17.4 Å². The third-order valence-corrected chi connectivity index (χ3v) is 5.10. The summed E-state index contributed by atoms with van der Waals surface area (Å²) in [5.41, 5.74) is 0.239. The van der Waals surface area contributed by atoms with Crippen LogP contribution in [0.25, 0.3) is 10.8 Å². The van der Waals surface area contributed by atoms with E-state index < -0.39 is 5.60 Å². The quantitative estimate of drug-likeness (QED) is 0.392. The molecule has 3 rings (SSSR count). The first-order valence-electron chi connectivity index (χ1n) is 7.21. The molecule has 0 radical (unpaired) electrons. The van der Waals surface area contributed by atoms with Crippen LogP contribution in [0, 0.1) is 0 Å². The molecular weight excluding hydrogens is 292 g/mol. The first-order chi connectivity index (χ1) is 10.7. The van der Waals surface area contributed by atoms with Gasteiger partial charge in [0.25, 0.3) is 0 Å². The maximum absolute atomic E-state index is 9.38. The Hall–Kier alpha value is -1.81. The second-order valence-corrected chi connectivity index (χ2v) is 6.53. The zero-order valence-corrected chi connectivity index (χ0v) is 13.2. The minimum Gasteiger partial charge on any atom is -0.251 e. The third kappa shape index (κ3) is 3.17. The van der Waals surface area contributed by atoms with Crippen LogP contribution in [0.4, 0.5) is 0 Å². The van der Waals surface area contributed by atoms with Crippen molar-refractivity contribution >= 4 is 22.5 Å². The van der Waals surface area contributed by atoms with Crippen LogP contribution >= 0.6 is 11.8 Å². The van der Waals surface area contributed by atoms with Gasteiger partial charge >= 0.3 is 0 Å². The number of hydrogen-bond donors (Lipinski definition) is 1. The summed E-state index contributed by atoms with van der Waals surface area (Å²) < 4.78 is 0. The van der Waals surface area contributed by atoms with E-state index in [1.54, 1.807) is 11.8 Å². The molecule has 0 spiro atoms. The second-order valence-electron chi connectivity index (χ2n) is 5.49. The Balaban J connectivity index is 1.79. The molecule has 22 heavy (non-hydrogen) atoms. The molecule has 3 aromatic rings. The standard InChI is InChI=1S/C19H18O2S/c1-19(21-20,17-9-3-2-4-10-17)14-22-18-12-11-15-7-5-6-8-16(15)13-18/h2-13,20H,14H2,1H3. The van der Waals surface area contributed by atoms with E-state index in [9.17, 15) is 5.26 Å². The highest BCUT2D eigenvalue weighted by atomic mass is 32.2. The second kappa shape index (κ2) is 6.53. The Labute approximate surface area is 134 Å². The normalized spacial score (nSPS) is 13.9. The fourth-order valence-electron chi connectivity index (χ4n) is 2.43. The number of thioether (sulfide) groups is 1. The molecular formula is C19H18O2S. The van der Waals surface area contributed by atoms with Gasteiger partial charge in [0.05, 0.1) is 0 Å². The Morgan fingerprint density at radius 1 is 0.909 bits per heavy atom. The van der Waals surface area contributed by atoms with E-state index in [1.165, 1.54) is 10.8 Å². The zero-order valence-electron chi connectivity index (χ0n) is 12.4. The fraction of sp³-hybridized carbons (Fsp3) is 0.158. The van der Waals surface area contributed by atoms with Crippen molar-refractivity contribution in [1.82, 2.24) is 0 Å². The highest BCUT2D eigenvalue weighted by Gasteiger charge is 2.28. The minimum atomic E-state index is -0.725. The van der Waals surface area contributed by atoms with Gasteiger partial charge in [-0.3, -0.25) is 5.26 Å². The predicted molar refractivity (Wildman–Crippen MR) is 92.2 cm³/mol. The molecule has 0 aliphatic carbocycles. The van der Waals surface area contributed by atoms with Crippen molar-refractivity contribution in [3.63, 3.8) is 0 Å². The van der Waals surface area contributed by atoms with Gasteiger partial charge in [0.1, 0.15) is 5.60 Å². The van der Waals surface area contributed by atoms with E-state index in [0.29, 0.717) is 5.75 Å². The van der Waals surface area contributed by atoms with Crippen LogP contribution in [0.15, 0.2) is 77.7 Å². The average Bonchev–Trinajstić information content (AvgIpc) is 2.60. The molecule has 0 aliphatic heterocycles. The molecule has 0 aromatic heterocycles. The molecule has 0 saturated carbocycles. The lowest BCUT2D eigenvalue weighted by atomic mass is 9.98. The lowest BCUT2D eigenvalue weighted by Gasteiger charge is -2.26. The first kappa shape index (κ1) is 15.1. The van der Waals surface area contributed by atoms with Gasteiger partial charge in [-0.05, 0) is 35.4 Å². The molecule has 3 heteroatoms. The molecule has 2 nitrogen and oxygen atoms in total. The Morgan fingerprint density at radius 3 is 2.32 bits per heavy atom. The summed E-state index contributed by atoms with van der Waals surface area (Å²) in [4.78, 5) is 5.98. The highest BCUT2D eigenvalue weighted by molar-refractivity contribution is 7.99. The molecule has 0 amide bonds. The monoisotopic (exact) mass is 310 g/mol. The number of fused-ring (bicyclic) bond motifs is 1. The van der Waals surface area contributed by atoms with Gasteiger partial charge in [0, 0.05) is 10.6 Å². The summed E-state index contributed by atoms with van der Waals surface area (Å²) in [7, 11) is 0. The van der Waals surface area contributed by atoms with Crippen molar-refractivity contribution in [2.75, 3.05) is 5.75 Å². The zero-order chi connectivity index (χ0) is 15.4. The van der Waals surface area contributed by atoms with Gasteiger partial charge in [-0.2, -0.15) is 0 Å². The Morgan fingerprint density at radius 2 is 1.59 bits per heavy atom. The van der Waals surface area contributed by atoms with Gasteiger partial charge in [0.15, 0.2) is 0 Å². The summed E-state index contributed by atoms with van der Waals surface area (Å²) in [5, 5.41) is 11.8. The van der Waals surface area contributed by atoms with E-state index in [0.717, 1.165) is 10.5 Å². The molecule has 0 saturated heterocycles. The predicted octanol–water partition coefficient (Wildman–Crippen LogP) is 5.34. The maximum atomic E-state index is 9.38. The number of rotatable bonds is 5. The SMILES string of the molecule is CC(CSc1ccc2ccccc2c1)(OO)c1ccccc1. The van der Waals surface area contributed by atoms with Gasteiger partial charge in [0.2, 0.25) is 0 Å². The van der Waals surface area contributed by atoms with E-state index in [1.807, 2.05) is 49.4 Å². The molecule has 0 bridgehead atoms. The Kier molecular flexibility index (Phi) is 4.48. The molecule has 3 aromatic carbocycles. The maximum Gasteiger partial charge on any atom is 0.135 e. The van der Waals surface area contributed by atoms with E-state index in [-0.39, 0.29) is 0 Å². The van der Waals surface area contributed by atoms with Crippen LogP contribution in [-0.4, -0.2) is 11.0 Å². The highest BCUT2D eigenvalue weighted by Crippen LogP contribution is 2.33. The van der Waals surface area contributed by atoms with E-state index in [2.05, 4.69) is 30.3 Å². The number of benzene rings is 3. The van der Waals surface area contributed by atoms with Crippen LogP contribution in [0.1, 0.15) is 12.5 Å². The molecule has 1 atom stereocenters. The summed E-state index contributed by atoms with van der Waals surface area (Å²) >= 11 is 1.68. The van der Waals surface area contributed by atoms with Crippen LogP contribution in [-0.2, 0) is 10.5 Å². The topological polar surface area (TPSA) is 29.5 Å². The summed E-state index contributed by atoms with van der Waals surface area (Å²) in [5.74, 6) is 0.631. The van der Waals surface area contributed by atoms with Gasteiger partial charge < -0.3 is 0 Å². The average molecular weight is 310 g/mol. The van der Waals surface area contributed by atoms with Crippen molar-refractivity contribution in [1.29, 1.82) is 0 Å². The summed E-state index contributed by atoms with van der Waals surface area (Å²) in [6, 6.07) is 24.5. The summed E-state index contributed by atoms with van der Waals surface area (Å²) in [6.07, 6.45) is 0. The van der Waals surface area contributed by atoms with Crippen molar-refractivity contribution < 1.29 is 10.1 Å². The van der Waals surface area contributed by atoms with Crippen molar-refractivity contribution in [2.24, 2.45) is 0 Å². The molecule has 0 fully saturated rings. The number of hydrogen-bond acceptors (Lipinski definition) is 3. The lowest BCUT2D eigenvalue weighted by Crippen LogP contribution is -2.27. The fourth-order valence-corrected chi connectivity index (χ4v) is 3.47. The lowest BCUT2D eigenvalue weighted by molar-refractivity contribution is -0.316. The summed E-state index contributed by atoms with van der Waals surface area (Å²) in [6.45, 7) is 1.90. The van der Waals surface area contributed by atoms with E-state index >= 15 is 0 Å². The largest absolute Gasteiger partial charge is 0.251 e. The van der Waals surface area contributed by atoms with Gasteiger partial charge in [-0.15, -0.1) is 11.8 Å². The van der Waals surface area contributed by atoms with Crippen LogP contribution < -0.4 is 0 Å². The molecule has 0 heterocycles. The van der Waals surface area contributed by atoms with Crippen LogP contribution in [0.2, 0.25) is 0 Å². The van der Waals surface area contributed by atoms with Crippen molar-refractivity contribution in [3.8, 4) is 0 Å². The third-order valence-electron chi connectivity index (χ3n) is 3.82. The van der Waals surface area contributed by atoms with Gasteiger partial charge in [-0.25, -0.2) is 4.89 Å². The van der Waals surface area contributed by atoms with Crippen LogP contribution in [0.5, 0.6) is 0 Å². The van der Waals surface area contributed by atoms with Gasteiger partial charge in [-0.1, -0.05) is 60.7 Å². The molecule has 1 N–H and O–H groups in total. The van der Waals surface area contributed by atoms with Crippen molar-refractivity contribution in [3.05, 3.63) is 78.4 Å². The van der Waals surface area contributed by atoms with E-state index in [4.69, 9.17) is 4.89 Å². The Bertz CT molecular complexity index is 757.